The number of carbonyl (C=O) groups excluding carboxylic acids is 3. The number of hydrogen-bond acceptors (Lipinski definition) is 6. The minimum Gasteiger partial charge on any atom is -0.462 e. The van der Waals surface area contributed by atoms with Crippen LogP contribution in [0.15, 0.2) is 60.8 Å². The van der Waals surface area contributed by atoms with E-state index in [4.69, 9.17) is 14.2 Å². The minimum absolute atomic E-state index is 0.0726. The van der Waals surface area contributed by atoms with E-state index in [1.807, 2.05) is 0 Å². The zero-order chi connectivity index (χ0) is 54.3. The molecule has 1 atom stereocenters. The van der Waals surface area contributed by atoms with Crippen molar-refractivity contribution in [1.29, 1.82) is 0 Å². The van der Waals surface area contributed by atoms with E-state index in [1.165, 1.54) is 205 Å². The molecule has 0 aliphatic heterocycles. The van der Waals surface area contributed by atoms with Crippen LogP contribution in [0.1, 0.15) is 342 Å². The monoisotopic (exact) mass is 1050 g/mol. The molecule has 0 aromatic heterocycles. The summed E-state index contributed by atoms with van der Waals surface area (Å²) >= 11 is 0. The van der Waals surface area contributed by atoms with Crippen LogP contribution in [-0.4, -0.2) is 37.2 Å². The maximum atomic E-state index is 12.9. The van der Waals surface area contributed by atoms with Crippen LogP contribution in [0, 0.1) is 0 Å². The normalized spacial score (nSPS) is 12.4. The predicted molar refractivity (Wildman–Crippen MR) is 325 cm³/mol. The lowest BCUT2D eigenvalue weighted by atomic mass is 10.0. The fourth-order valence-corrected chi connectivity index (χ4v) is 9.65. The quantitative estimate of drug-likeness (QED) is 0.0261. The smallest absolute Gasteiger partial charge is 0.306 e. The van der Waals surface area contributed by atoms with Gasteiger partial charge in [-0.05, 0) is 64.2 Å². The number of esters is 3. The molecule has 0 radical (unpaired) electrons. The summed E-state index contributed by atoms with van der Waals surface area (Å²) < 4.78 is 17.0. The molecule has 0 fully saturated rings. The van der Waals surface area contributed by atoms with Crippen molar-refractivity contribution in [1.82, 2.24) is 0 Å². The Hall–Kier alpha value is -2.89. The van der Waals surface area contributed by atoms with Crippen molar-refractivity contribution in [3.63, 3.8) is 0 Å². The highest BCUT2D eigenvalue weighted by Crippen LogP contribution is 2.18. The Labute approximate surface area is 466 Å². The SMILES string of the molecule is CC/C=C\C/C=C\C/C=C\C/C=C\C/C=C\CCCCCCCCCC(=O)OCC(COC(=O)CCCCCCCCCCCCCCCCC)OC(=O)CCCCCCCCCCCCCCCCCCCCC. The average Bonchev–Trinajstić information content (AvgIpc) is 3.41. The average molecular weight is 1050 g/mol. The van der Waals surface area contributed by atoms with Crippen molar-refractivity contribution in [3.05, 3.63) is 60.8 Å². The first-order chi connectivity index (χ1) is 37.0. The molecule has 0 amide bonds. The molecule has 0 heterocycles. The number of ether oxygens (including phenoxy) is 3. The van der Waals surface area contributed by atoms with Gasteiger partial charge in [-0.25, -0.2) is 0 Å². The second-order valence-electron chi connectivity index (χ2n) is 22.0. The van der Waals surface area contributed by atoms with E-state index >= 15 is 0 Å². The van der Waals surface area contributed by atoms with Crippen LogP contribution >= 0.6 is 0 Å². The summed E-state index contributed by atoms with van der Waals surface area (Å²) in [5.74, 6) is -0.861. The van der Waals surface area contributed by atoms with Gasteiger partial charge in [0.2, 0.25) is 0 Å². The summed E-state index contributed by atoms with van der Waals surface area (Å²) in [5, 5.41) is 0. The molecule has 0 saturated heterocycles. The van der Waals surface area contributed by atoms with Crippen molar-refractivity contribution in [3.8, 4) is 0 Å². The summed E-state index contributed by atoms with van der Waals surface area (Å²) in [4.78, 5) is 38.4. The Balaban J connectivity index is 4.34. The van der Waals surface area contributed by atoms with Crippen LogP contribution in [-0.2, 0) is 28.6 Å². The second-order valence-corrected chi connectivity index (χ2v) is 22.0. The molecule has 0 bridgehead atoms. The third-order valence-corrected chi connectivity index (χ3v) is 14.5. The molecular formula is C69H124O6. The number of rotatable bonds is 60. The molecule has 75 heavy (non-hydrogen) atoms. The molecule has 436 valence electrons. The molecule has 1 unspecified atom stereocenters. The van der Waals surface area contributed by atoms with Crippen LogP contribution in [0.5, 0.6) is 0 Å². The number of hydrogen-bond donors (Lipinski definition) is 0. The highest BCUT2D eigenvalue weighted by molar-refractivity contribution is 5.71. The van der Waals surface area contributed by atoms with Crippen molar-refractivity contribution in [2.45, 2.75) is 348 Å². The zero-order valence-electron chi connectivity index (χ0n) is 50.1. The summed E-state index contributed by atoms with van der Waals surface area (Å²) in [7, 11) is 0. The molecule has 0 aliphatic rings. The number of unbranched alkanes of at least 4 members (excludes halogenated alkanes) is 39. The van der Waals surface area contributed by atoms with Crippen LogP contribution in [0.4, 0.5) is 0 Å². The van der Waals surface area contributed by atoms with Gasteiger partial charge in [-0.1, -0.05) is 319 Å². The van der Waals surface area contributed by atoms with Crippen LogP contribution < -0.4 is 0 Å². The summed E-state index contributed by atoms with van der Waals surface area (Å²) in [6, 6.07) is 0. The maximum absolute atomic E-state index is 12.9. The van der Waals surface area contributed by atoms with Gasteiger partial charge in [-0.15, -0.1) is 0 Å². The predicted octanol–water partition coefficient (Wildman–Crippen LogP) is 22.3. The molecule has 0 aromatic carbocycles. The molecule has 0 aromatic rings. The standard InChI is InChI=1S/C69H124O6/c1-4-7-10-13-16-19-22-25-28-30-32-33-34-35-37-38-41-44-47-50-53-56-59-62-68(71)74-65-66(64-73-67(70)61-58-55-52-49-46-43-40-27-24-21-18-15-12-9-6-3)75-69(72)63-60-57-54-51-48-45-42-39-36-31-29-26-23-20-17-14-11-8-5-2/h7,10,16,19,25,28,32-33,35,37,66H,4-6,8-9,11-15,17-18,20-24,26-27,29-31,34,36,38-65H2,1-3H3/b10-7-,19-16-,28-25-,33-32-,37-35-. The van der Waals surface area contributed by atoms with Gasteiger partial charge in [0.15, 0.2) is 6.10 Å². The molecular weight excluding hydrogens is 925 g/mol. The summed E-state index contributed by atoms with van der Waals surface area (Å²) in [6.45, 7) is 6.58. The topological polar surface area (TPSA) is 78.9 Å². The van der Waals surface area contributed by atoms with Gasteiger partial charge in [0.05, 0.1) is 0 Å². The third kappa shape index (κ3) is 61.8. The van der Waals surface area contributed by atoms with Crippen LogP contribution in [0.25, 0.3) is 0 Å². The molecule has 0 spiro atoms. The second kappa shape index (κ2) is 63.6. The van der Waals surface area contributed by atoms with E-state index in [2.05, 4.69) is 81.5 Å². The van der Waals surface area contributed by atoms with E-state index in [-0.39, 0.29) is 31.1 Å². The molecule has 6 heteroatoms. The lowest BCUT2D eigenvalue weighted by Crippen LogP contribution is -2.30. The van der Waals surface area contributed by atoms with E-state index in [0.717, 1.165) is 96.3 Å². The van der Waals surface area contributed by atoms with E-state index < -0.39 is 6.10 Å². The third-order valence-electron chi connectivity index (χ3n) is 14.5. The Morgan fingerprint density at radius 2 is 0.520 bits per heavy atom. The van der Waals surface area contributed by atoms with E-state index in [0.29, 0.717) is 19.3 Å². The molecule has 6 nitrogen and oxygen atoms in total. The van der Waals surface area contributed by atoms with Crippen molar-refractivity contribution in [2.75, 3.05) is 13.2 Å². The van der Waals surface area contributed by atoms with Crippen molar-refractivity contribution < 1.29 is 28.6 Å². The number of carbonyl (C=O) groups is 3. The highest BCUT2D eigenvalue weighted by atomic mass is 16.6. The van der Waals surface area contributed by atoms with Gasteiger partial charge >= 0.3 is 17.9 Å². The first kappa shape index (κ1) is 72.1. The van der Waals surface area contributed by atoms with Gasteiger partial charge in [-0.2, -0.15) is 0 Å². The zero-order valence-corrected chi connectivity index (χ0v) is 50.1. The van der Waals surface area contributed by atoms with Crippen molar-refractivity contribution >= 4 is 17.9 Å². The lowest BCUT2D eigenvalue weighted by molar-refractivity contribution is -0.167. The van der Waals surface area contributed by atoms with Gasteiger partial charge in [0.1, 0.15) is 13.2 Å². The molecule has 0 rings (SSSR count). The number of allylic oxidation sites excluding steroid dienone is 10. The highest BCUT2D eigenvalue weighted by Gasteiger charge is 2.19. The summed E-state index contributed by atoms with van der Waals surface area (Å²) in [5.41, 5.74) is 0. The van der Waals surface area contributed by atoms with E-state index in [1.54, 1.807) is 0 Å². The van der Waals surface area contributed by atoms with Crippen molar-refractivity contribution in [2.24, 2.45) is 0 Å². The van der Waals surface area contributed by atoms with Gasteiger partial charge in [0, 0.05) is 19.3 Å². The lowest BCUT2D eigenvalue weighted by Gasteiger charge is -2.18. The van der Waals surface area contributed by atoms with Gasteiger partial charge in [0.25, 0.3) is 0 Å². The maximum Gasteiger partial charge on any atom is 0.306 e. The fraction of sp³-hybridized carbons (Fsp3) is 0.812. The Bertz CT molecular complexity index is 1340. The Kier molecular flexibility index (Phi) is 61.2. The first-order valence-corrected chi connectivity index (χ1v) is 32.8. The van der Waals surface area contributed by atoms with Crippen LogP contribution in [0.3, 0.4) is 0 Å². The summed E-state index contributed by atoms with van der Waals surface area (Å²) in [6.07, 6.45) is 80.8. The van der Waals surface area contributed by atoms with Crippen LogP contribution in [0.2, 0.25) is 0 Å². The largest absolute Gasteiger partial charge is 0.462 e. The van der Waals surface area contributed by atoms with Gasteiger partial charge in [-0.3, -0.25) is 14.4 Å². The molecule has 0 N–H and O–H groups in total. The first-order valence-electron chi connectivity index (χ1n) is 32.8. The fourth-order valence-electron chi connectivity index (χ4n) is 9.65. The molecule has 0 aliphatic carbocycles. The van der Waals surface area contributed by atoms with Gasteiger partial charge < -0.3 is 14.2 Å². The van der Waals surface area contributed by atoms with E-state index in [9.17, 15) is 14.4 Å². The Morgan fingerprint density at radius 3 is 0.813 bits per heavy atom. The minimum atomic E-state index is -0.776. The molecule has 0 saturated carbocycles. The Morgan fingerprint density at radius 1 is 0.280 bits per heavy atom.